The lowest BCUT2D eigenvalue weighted by Gasteiger charge is -2.18. The number of esters is 3. The number of unbranched alkanes of at least 4 members (excludes halogenated alkanes) is 39. The van der Waals surface area contributed by atoms with E-state index in [0.29, 0.717) is 19.3 Å². The molecule has 0 radical (unpaired) electrons. The zero-order valence-corrected chi connectivity index (χ0v) is 53.8. The van der Waals surface area contributed by atoms with E-state index < -0.39 is 6.10 Å². The summed E-state index contributed by atoms with van der Waals surface area (Å²) >= 11 is 0. The van der Waals surface area contributed by atoms with Crippen LogP contribution in [0.5, 0.6) is 0 Å². The van der Waals surface area contributed by atoms with E-state index in [-0.39, 0.29) is 31.1 Å². The fraction of sp³-hybridized carbons (Fsp3) is 0.773. The summed E-state index contributed by atoms with van der Waals surface area (Å²) in [6.07, 6.45) is 91.9. The largest absolute Gasteiger partial charge is 0.462 e. The Kier molecular flexibility index (Phi) is 66.2. The van der Waals surface area contributed by atoms with Crippen molar-refractivity contribution in [2.75, 3.05) is 13.2 Å². The minimum atomic E-state index is -0.794. The first-order valence-corrected chi connectivity index (χ1v) is 35.1. The molecule has 6 heteroatoms. The Bertz CT molecular complexity index is 1530. The van der Waals surface area contributed by atoms with Crippen molar-refractivity contribution < 1.29 is 28.6 Å². The van der Waals surface area contributed by atoms with Gasteiger partial charge in [-0.3, -0.25) is 14.4 Å². The molecule has 0 aromatic rings. The van der Waals surface area contributed by atoms with Gasteiger partial charge in [0.15, 0.2) is 6.10 Å². The number of ether oxygens (including phenoxy) is 3. The number of carbonyl (C=O) groups excluding carboxylic acids is 3. The third-order valence-electron chi connectivity index (χ3n) is 15.4. The van der Waals surface area contributed by atoms with Crippen molar-refractivity contribution in [1.29, 1.82) is 0 Å². The molecule has 6 nitrogen and oxygen atoms in total. The monoisotopic (exact) mass is 1130 g/mol. The van der Waals surface area contributed by atoms with Crippen molar-refractivity contribution in [1.82, 2.24) is 0 Å². The van der Waals surface area contributed by atoms with Gasteiger partial charge in [0.2, 0.25) is 0 Å². The first-order chi connectivity index (χ1) is 40.0. The number of allylic oxidation sites excluding steroid dienone is 14. The molecule has 0 amide bonds. The van der Waals surface area contributed by atoms with Gasteiger partial charge in [0.05, 0.1) is 0 Å². The lowest BCUT2D eigenvalue weighted by atomic mass is 10.0. The average molecular weight is 1130 g/mol. The van der Waals surface area contributed by atoms with Crippen LogP contribution in [0.1, 0.15) is 355 Å². The second-order valence-electron chi connectivity index (χ2n) is 23.4. The summed E-state index contributed by atoms with van der Waals surface area (Å²) in [5, 5.41) is 0. The molecule has 0 heterocycles. The van der Waals surface area contributed by atoms with Crippen molar-refractivity contribution in [2.24, 2.45) is 0 Å². The SMILES string of the molecule is CC/C=C\C/C=C\C/C=C\C/C=C\C/C=C\C/C=C\CCCCCCC(=O)OC(COC(=O)CCCCCCC/C=C\CCCCC)COC(=O)CCCCCCCCCCCCCCCCCCCCCCCCCCCCCC. The molecule has 0 saturated carbocycles. The Balaban J connectivity index is 4.26. The molecule has 0 saturated heterocycles. The highest BCUT2D eigenvalue weighted by Crippen LogP contribution is 2.18. The molecule has 0 rings (SSSR count). The smallest absolute Gasteiger partial charge is 0.306 e. The topological polar surface area (TPSA) is 78.9 Å². The van der Waals surface area contributed by atoms with Crippen molar-refractivity contribution >= 4 is 17.9 Å². The van der Waals surface area contributed by atoms with Gasteiger partial charge in [-0.2, -0.15) is 0 Å². The first kappa shape index (κ1) is 77.6. The first-order valence-electron chi connectivity index (χ1n) is 35.1. The summed E-state index contributed by atoms with van der Waals surface area (Å²) in [4.78, 5) is 38.4. The van der Waals surface area contributed by atoms with Crippen LogP contribution in [0.3, 0.4) is 0 Å². The predicted molar refractivity (Wildman–Crippen MR) is 353 cm³/mol. The molecule has 0 aromatic heterocycles. The second kappa shape index (κ2) is 69.1. The van der Waals surface area contributed by atoms with Gasteiger partial charge < -0.3 is 14.2 Å². The molecule has 0 aromatic carbocycles. The van der Waals surface area contributed by atoms with E-state index in [1.54, 1.807) is 0 Å². The summed E-state index contributed by atoms with van der Waals surface area (Å²) in [6.45, 7) is 6.52. The molecular formula is C75H132O6. The van der Waals surface area contributed by atoms with Crippen LogP contribution in [0.25, 0.3) is 0 Å². The highest BCUT2D eigenvalue weighted by Gasteiger charge is 2.19. The van der Waals surface area contributed by atoms with E-state index >= 15 is 0 Å². The van der Waals surface area contributed by atoms with Gasteiger partial charge in [-0.15, -0.1) is 0 Å². The van der Waals surface area contributed by atoms with Crippen LogP contribution in [0, 0.1) is 0 Å². The lowest BCUT2D eigenvalue weighted by molar-refractivity contribution is -0.167. The van der Waals surface area contributed by atoms with Gasteiger partial charge in [-0.25, -0.2) is 0 Å². The zero-order valence-electron chi connectivity index (χ0n) is 53.8. The zero-order chi connectivity index (χ0) is 58.5. The molecule has 0 spiro atoms. The molecular weight excluding hydrogens is 997 g/mol. The summed E-state index contributed by atoms with van der Waals surface area (Å²) < 4.78 is 16.9. The molecule has 0 fully saturated rings. The van der Waals surface area contributed by atoms with Crippen molar-refractivity contribution in [3.8, 4) is 0 Å². The normalized spacial score (nSPS) is 12.6. The van der Waals surface area contributed by atoms with E-state index in [1.165, 1.54) is 199 Å². The number of rotatable bonds is 64. The Labute approximate surface area is 503 Å². The summed E-state index contributed by atoms with van der Waals surface area (Å²) in [6, 6.07) is 0. The lowest BCUT2D eigenvalue weighted by Crippen LogP contribution is -2.30. The summed E-state index contributed by atoms with van der Waals surface area (Å²) in [5.74, 6) is -0.906. The Morgan fingerprint density at radius 3 is 0.790 bits per heavy atom. The maximum Gasteiger partial charge on any atom is 0.306 e. The molecule has 81 heavy (non-hydrogen) atoms. The average Bonchev–Trinajstić information content (AvgIpc) is 3.47. The predicted octanol–water partition coefficient (Wildman–Crippen LogP) is 24.2. The van der Waals surface area contributed by atoms with Crippen molar-refractivity contribution in [3.05, 3.63) is 85.1 Å². The Morgan fingerprint density at radius 1 is 0.259 bits per heavy atom. The molecule has 1 unspecified atom stereocenters. The summed E-state index contributed by atoms with van der Waals surface area (Å²) in [5.41, 5.74) is 0. The molecule has 0 aliphatic carbocycles. The maximum absolute atomic E-state index is 12.9. The molecule has 0 bridgehead atoms. The fourth-order valence-corrected chi connectivity index (χ4v) is 10.2. The van der Waals surface area contributed by atoms with Gasteiger partial charge in [0.1, 0.15) is 13.2 Å². The van der Waals surface area contributed by atoms with E-state index in [9.17, 15) is 14.4 Å². The van der Waals surface area contributed by atoms with Crippen LogP contribution in [0.2, 0.25) is 0 Å². The molecule has 0 aliphatic heterocycles. The number of hydrogen-bond donors (Lipinski definition) is 0. The van der Waals surface area contributed by atoms with Crippen LogP contribution in [-0.4, -0.2) is 37.2 Å². The molecule has 1 atom stereocenters. The van der Waals surface area contributed by atoms with E-state index in [1.807, 2.05) is 0 Å². The second-order valence-corrected chi connectivity index (χ2v) is 23.4. The van der Waals surface area contributed by atoms with Crippen LogP contribution in [-0.2, 0) is 28.6 Å². The molecule has 0 aliphatic rings. The number of hydrogen-bond acceptors (Lipinski definition) is 6. The highest BCUT2D eigenvalue weighted by atomic mass is 16.6. The maximum atomic E-state index is 12.9. The Morgan fingerprint density at radius 2 is 0.481 bits per heavy atom. The third kappa shape index (κ3) is 67.3. The van der Waals surface area contributed by atoms with E-state index in [2.05, 4.69) is 106 Å². The third-order valence-corrected chi connectivity index (χ3v) is 15.4. The van der Waals surface area contributed by atoms with Gasteiger partial charge in [0, 0.05) is 19.3 Å². The van der Waals surface area contributed by atoms with Gasteiger partial charge in [-0.1, -0.05) is 324 Å². The van der Waals surface area contributed by atoms with Gasteiger partial charge in [-0.05, 0) is 96.3 Å². The van der Waals surface area contributed by atoms with Crippen molar-refractivity contribution in [2.45, 2.75) is 361 Å². The standard InChI is InChI=1S/C75H132O6/c1-4-7-10-13-16-19-22-25-27-29-31-33-35-36-37-38-39-41-42-44-46-48-50-53-56-59-62-65-68-74(77)80-71-72(70-79-73(76)67-64-61-58-55-52-24-21-18-15-12-9-6-3)81-75(78)69-66-63-60-57-54-51-49-47-45-43-40-34-32-30-28-26-23-20-17-14-11-8-5-2/h8,11,17-18,20-21,26,28,32,34,43,45,49,51,72H,4-7,9-10,12-16,19,22-25,27,29-31,33,35-42,44,46-48,50,52-71H2,1-3H3/b11-8-,20-17-,21-18-,28-26-,34-32-,45-43-,51-49-. The van der Waals surface area contributed by atoms with Crippen LogP contribution < -0.4 is 0 Å². The highest BCUT2D eigenvalue weighted by molar-refractivity contribution is 5.71. The molecule has 0 N–H and O–H groups in total. The fourth-order valence-electron chi connectivity index (χ4n) is 10.2. The Hall–Kier alpha value is -3.41. The quantitative estimate of drug-likeness (QED) is 0.0261. The number of carbonyl (C=O) groups is 3. The van der Waals surface area contributed by atoms with Crippen LogP contribution >= 0.6 is 0 Å². The van der Waals surface area contributed by atoms with Gasteiger partial charge >= 0.3 is 17.9 Å². The van der Waals surface area contributed by atoms with Crippen LogP contribution in [0.4, 0.5) is 0 Å². The minimum absolute atomic E-state index is 0.0869. The van der Waals surface area contributed by atoms with Crippen LogP contribution in [0.15, 0.2) is 85.1 Å². The van der Waals surface area contributed by atoms with Gasteiger partial charge in [0.25, 0.3) is 0 Å². The van der Waals surface area contributed by atoms with Crippen molar-refractivity contribution in [3.63, 3.8) is 0 Å². The molecule has 468 valence electrons. The van der Waals surface area contributed by atoms with E-state index in [4.69, 9.17) is 14.2 Å². The summed E-state index contributed by atoms with van der Waals surface area (Å²) in [7, 11) is 0. The minimum Gasteiger partial charge on any atom is -0.462 e. The van der Waals surface area contributed by atoms with E-state index in [0.717, 1.165) is 116 Å².